The van der Waals surface area contributed by atoms with Gasteiger partial charge in [-0.15, -0.1) is 0 Å². The Bertz CT molecular complexity index is 791. The van der Waals surface area contributed by atoms with Crippen LogP contribution >= 0.6 is 0 Å². The Hall–Kier alpha value is -2.57. The first-order valence-electron chi connectivity index (χ1n) is 7.99. The van der Waals surface area contributed by atoms with E-state index in [1.807, 2.05) is 42.5 Å². The largest absolute Gasteiger partial charge is 0.392 e. The van der Waals surface area contributed by atoms with Crippen molar-refractivity contribution >= 4 is 0 Å². The van der Waals surface area contributed by atoms with Crippen LogP contribution in [0.1, 0.15) is 23.9 Å². The Kier molecular flexibility index (Phi) is 4.06. The number of rotatable bonds is 4. The smallest absolute Gasteiger partial charge is 0.244 e. The first kappa shape index (κ1) is 15.0. The normalized spacial score (nSPS) is 21.2. The second-order valence-electron chi connectivity index (χ2n) is 6.01. The van der Waals surface area contributed by atoms with E-state index in [9.17, 15) is 5.11 Å². The van der Waals surface area contributed by atoms with Crippen molar-refractivity contribution < 1.29 is 9.63 Å². The van der Waals surface area contributed by atoms with Crippen molar-refractivity contribution in [3.63, 3.8) is 0 Å². The van der Waals surface area contributed by atoms with Gasteiger partial charge < -0.3 is 9.63 Å². The summed E-state index contributed by atoms with van der Waals surface area (Å²) in [6.45, 7) is 1.31. The maximum absolute atomic E-state index is 10.1. The number of hydrogen-bond donors (Lipinski definition) is 1. The second kappa shape index (κ2) is 6.51. The molecule has 1 aliphatic rings. The summed E-state index contributed by atoms with van der Waals surface area (Å²) in [7, 11) is 0. The highest BCUT2D eigenvalue weighted by Crippen LogP contribution is 2.33. The summed E-state index contributed by atoms with van der Waals surface area (Å²) in [6.07, 6.45) is 3.76. The summed E-state index contributed by atoms with van der Waals surface area (Å²) in [5.74, 6) is 1.13. The van der Waals surface area contributed by atoms with Gasteiger partial charge in [0.05, 0.1) is 12.1 Å². The Morgan fingerprint density at radius 1 is 1.12 bits per heavy atom. The van der Waals surface area contributed by atoms with Gasteiger partial charge in [-0.1, -0.05) is 35.5 Å². The molecule has 0 bridgehead atoms. The minimum Gasteiger partial charge on any atom is -0.392 e. The Labute approximate surface area is 139 Å². The van der Waals surface area contributed by atoms with Crippen molar-refractivity contribution in [2.75, 3.05) is 6.54 Å². The van der Waals surface area contributed by atoms with Gasteiger partial charge in [-0.2, -0.15) is 4.98 Å². The van der Waals surface area contributed by atoms with Crippen molar-refractivity contribution in [3.05, 3.63) is 66.3 Å². The number of aliphatic hydroxyl groups excluding tert-OH is 1. The highest BCUT2D eigenvalue weighted by molar-refractivity contribution is 5.53. The lowest BCUT2D eigenvalue weighted by Gasteiger charge is -2.20. The molecule has 2 atom stereocenters. The van der Waals surface area contributed by atoms with Gasteiger partial charge in [-0.3, -0.25) is 9.88 Å². The summed E-state index contributed by atoms with van der Waals surface area (Å²) in [4.78, 5) is 10.8. The van der Waals surface area contributed by atoms with Gasteiger partial charge in [0.2, 0.25) is 11.7 Å². The minimum atomic E-state index is -0.385. The van der Waals surface area contributed by atoms with Crippen molar-refractivity contribution in [3.8, 4) is 11.4 Å². The quantitative estimate of drug-likeness (QED) is 0.795. The van der Waals surface area contributed by atoms with E-state index in [0.29, 0.717) is 31.2 Å². The van der Waals surface area contributed by atoms with Crippen molar-refractivity contribution in [2.24, 2.45) is 0 Å². The van der Waals surface area contributed by atoms with E-state index in [1.165, 1.54) is 0 Å². The highest BCUT2D eigenvalue weighted by Gasteiger charge is 2.35. The molecule has 24 heavy (non-hydrogen) atoms. The molecule has 4 rings (SSSR count). The second-order valence-corrected chi connectivity index (χ2v) is 6.01. The van der Waals surface area contributed by atoms with Crippen LogP contribution in [0.25, 0.3) is 11.4 Å². The van der Waals surface area contributed by atoms with E-state index < -0.39 is 0 Å². The SMILES string of the molecule is O[C@@H]1C[C@@H](c2nc(-c3ccccc3)no2)N(Cc2ccncc2)C1. The van der Waals surface area contributed by atoms with Crippen LogP contribution in [0.5, 0.6) is 0 Å². The molecule has 0 saturated carbocycles. The van der Waals surface area contributed by atoms with Crippen LogP contribution < -0.4 is 0 Å². The Balaban J connectivity index is 1.57. The molecule has 1 aromatic carbocycles. The van der Waals surface area contributed by atoms with E-state index in [1.54, 1.807) is 12.4 Å². The predicted molar refractivity (Wildman–Crippen MR) is 87.7 cm³/mol. The van der Waals surface area contributed by atoms with Crippen LogP contribution in [-0.4, -0.2) is 37.8 Å². The molecule has 1 fully saturated rings. The van der Waals surface area contributed by atoms with Crippen molar-refractivity contribution in [1.29, 1.82) is 0 Å². The van der Waals surface area contributed by atoms with E-state index in [2.05, 4.69) is 20.0 Å². The average molecular weight is 322 g/mol. The third-order valence-electron chi connectivity index (χ3n) is 4.28. The summed E-state index contributed by atoms with van der Waals surface area (Å²) in [5, 5.41) is 14.2. The fourth-order valence-corrected chi connectivity index (χ4v) is 3.11. The number of hydrogen-bond acceptors (Lipinski definition) is 6. The van der Waals surface area contributed by atoms with Gasteiger partial charge in [-0.25, -0.2) is 0 Å². The maximum Gasteiger partial charge on any atom is 0.244 e. The molecule has 1 N–H and O–H groups in total. The number of pyridine rings is 1. The third-order valence-corrected chi connectivity index (χ3v) is 4.28. The zero-order chi connectivity index (χ0) is 16.4. The van der Waals surface area contributed by atoms with E-state index >= 15 is 0 Å². The number of aromatic nitrogens is 3. The molecule has 1 aliphatic heterocycles. The van der Waals surface area contributed by atoms with Gasteiger partial charge in [-0.05, 0) is 24.1 Å². The average Bonchev–Trinajstić information content (AvgIpc) is 3.23. The maximum atomic E-state index is 10.1. The molecule has 122 valence electrons. The topological polar surface area (TPSA) is 75.3 Å². The van der Waals surface area contributed by atoms with Gasteiger partial charge in [0.15, 0.2) is 0 Å². The van der Waals surface area contributed by atoms with Gasteiger partial charge in [0.25, 0.3) is 0 Å². The monoisotopic (exact) mass is 322 g/mol. The molecule has 0 aliphatic carbocycles. The van der Waals surface area contributed by atoms with Crippen LogP contribution in [0, 0.1) is 0 Å². The summed E-state index contributed by atoms with van der Waals surface area (Å²) < 4.78 is 5.49. The van der Waals surface area contributed by atoms with Crippen molar-refractivity contribution in [1.82, 2.24) is 20.0 Å². The van der Waals surface area contributed by atoms with Gasteiger partial charge in [0.1, 0.15) is 0 Å². The van der Waals surface area contributed by atoms with Crippen LogP contribution in [-0.2, 0) is 6.54 Å². The number of β-amino-alcohol motifs (C(OH)–C–C–N with tert-alkyl or cyclic N) is 1. The van der Waals surface area contributed by atoms with E-state index in [4.69, 9.17) is 4.52 Å². The van der Waals surface area contributed by atoms with E-state index in [0.717, 1.165) is 11.1 Å². The number of likely N-dealkylation sites (tertiary alicyclic amines) is 1. The number of aliphatic hydroxyl groups is 1. The molecule has 3 aromatic rings. The molecule has 6 heteroatoms. The summed E-state index contributed by atoms with van der Waals surface area (Å²) in [6, 6.07) is 13.6. The molecule has 3 heterocycles. The molecular weight excluding hydrogens is 304 g/mol. The van der Waals surface area contributed by atoms with Crippen LogP contribution in [0.3, 0.4) is 0 Å². The summed E-state index contributed by atoms with van der Waals surface area (Å²) >= 11 is 0. The standard InChI is InChI=1S/C18H18N4O2/c23-15-10-16(22(12-15)11-13-6-8-19-9-7-13)18-20-17(21-24-18)14-4-2-1-3-5-14/h1-9,15-16,23H,10-12H2/t15-,16+/m1/s1. The molecule has 0 radical (unpaired) electrons. The lowest BCUT2D eigenvalue weighted by Crippen LogP contribution is -2.24. The van der Waals surface area contributed by atoms with E-state index in [-0.39, 0.29) is 12.1 Å². The van der Waals surface area contributed by atoms with Crippen LogP contribution in [0.4, 0.5) is 0 Å². The van der Waals surface area contributed by atoms with Crippen LogP contribution in [0.15, 0.2) is 59.4 Å². The summed E-state index contributed by atoms with van der Waals surface area (Å²) in [5.41, 5.74) is 2.07. The zero-order valence-electron chi connectivity index (χ0n) is 13.1. The highest BCUT2D eigenvalue weighted by atomic mass is 16.5. The lowest BCUT2D eigenvalue weighted by atomic mass is 10.2. The molecule has 0 unspecified atom stereocenters. The molecule has 6 nitrogen and oxygen atoms in total. The Morgan fingerprint density at radius 3 is 2.71 bits per heavy atom. The van der Waals surface area contributed by atoms with Gasteiger partial charge >= 0.3 is 0 Å². The Morgan fingerprint density at radius 2 is 1.92 bits per heavy atom. The lowest BCUT2D eigenvalue weighted by molar-refractivity contribution is 0.169. The first-order chi connectivity index (χ1) is 11.8. The first-order valence-corrected chi connectivity index (χ1v) is 7.99. The number of benzene rings is 1. The molecule has 0 spiro atoms. The predicted octanol–water partition coefficient (Wildman–Crippen LogP) is 2.44. The fraction of sp³-hybridized carbons (Fsp3) is 0.278. The zero-order valence-corrected chi connectivity index (χ0v) is 13.1. The number of nitrogens with zero attached hydrogens (tertiary/aromatic N) is 4. The fourth-order valence-electron chi connectivity index (χ4n) is 3.11. The molecule has 2 aromatic heterocycles. The van der Waals surface area contributed by atoms with Crippen LogP contribution in [0.2, 0.25) is 0 Å². The van der Waals surface area contributed by atoms with Gasteiger partial charge in [0, 0.05) is 31.0 Å². The molecule has 1 saturated heterocycles. The third kappa shape index (κ3) is 3.06. The molecular formula is C18H18N4O2. The molecule has 0 amide bonds. The van der Waals surface area contributed by atoms with Crippen molar-refractivity contribution in [2.45, 2.75) is 25.1 Å². The minimum absolute atomic E-state index is 0.0712.